The molecule has 1 atom stereocenters. The second-order valence-corrected chi connectivity index (χ2v) is 6.03. The van der Waals surface area contributed by atoms with Crippen molar-refractivity contribution in [1.29, 1.82) is 0 Å². The fourth-order valence-corrected chi connectivity index (χ4v) is 3.01. The van der Waals surface area contributed by atoms with E-state index in [1.807, 2.05) is 25.2 Å². The Bertz CT molecular complexity index is 568. The van der Waals surface area contributed by atoms with Crippen molar-refractivity contribution < 1.29 is 14.2 Å². The van der Waals surface area contributed by atoms with Crippen LogP contribution in [-0.2, 0) is 0 Å². The number of piperidine rings is 1. The van der Waals surface area contributed by atoms with Crippen molar-refractivity contribution in [1.82, 2.24) is 10.2 Å². The molecular formula is C17H26IN3O3. The molecule has 0 aromatic heterocycles. The zero-order valence-electron chi connectivity index (χ0n) is 14.3. The van der Waals surface area contributed by atoms with Gasteiger partial charge in [0, 0.05) is 26.2 Å². The first kappa shape index (κ1) is 19.0. The normalized spacial score (nSPS) is 19.7. The van der Waals surface area contributed by atoms with Crippen LogP contribution in [0.5, 0.6) is 17.2 Å². The van der Waals surface area contributed by atoms with Crippen LogP contribution in [0.3, 0.4) is 0 Å². The highest BCUT2D eigenvalue weighted by Gasteiger charge is 2.19. The van der Waals surface area contributed by atoms with Crippen LogP contribution in [0.4, 0.5) is 0 Å². The Balaban J connectivity index is 0.00000208. The lowest BCUT2D eigenvalue weighted by Crippen LogP contribution is -2.47. The lowest BCUT2D eigenvalue weighted by Gasteiger charge is -2.33. The van der Waals surface area contributed by atoms with Gasteiger partial charge in [0.2, 0.25) is 6.79 Å². The summed E-state index contributed by atoms with van der Waals surface area (Å²) in [6.45, 7) is 6.01. The molecule has 6 nitrogen and oxygen atoms in total. The molecule has 7 heteroatoms. The van der Waals surface area contributed by atoms with Crippen molar-refractivity contribution in [2.45, 2.75) is 19.8 Å². The van der Waals surface area contributed by atoms with Crippen LogP contribution in [-0.4, -0.2) is 50.9 Å². The average Bonchev–Trinajstić information content (AvgIpc) is 3.02. The van der Waals surface area contributed by atoms with Crippen LogP contribution in [0.2, 0.25) is 0 Å². The predicted octanol–water partition coefficient (Wildman–Crippen LogP) is 2.72. The van der Waals surface area contributed by atoms with Crippen LogP contribution in [0.1, 0.15) is 19.8 Å². The second kappa shape index (κ2) is 9.19. The van der Waals surface area contributed by atoms with Crippen LogP contribution < -0.4 is 19.5 Å². The molecule has 0 radical (unpaired) electrons. The summed E-state index contributed by atoms with van der Waals surface area (Å²) in [5.41, 5.74) is 0. The summed E-state index contributed by atoms with van der Waals surface area (Å²) in [6, 6.07) is 5.64. The van der Waals surface area contributed by atoms with E-state index in [1.54, 1.807) is 0 Å². The molecule has 1 saturated heterocycles. The van der Waals surface area contributed by atoms with Gasteiger partial charge in [-0.3, -0.25) is 4.99 Å². The van der Waals surface area contributed by atoms with E-state index in [1.165, 1.54) is 12.8 Å². The van der Waals surface area contributed by atoms with Gasteiger partial charge in [-0.25, -0.2) is 0 Å². The van der Waals surface area contributed by atoms with E-state index < -0.39 is 0 Å². The quantitative estimate of drug-likeness (QED) is 0.333. The molecule has 1 N–H and O–H groups in total. The molecule has 2 aliphatic rings. The van der Waals surface area contributed by atoms with Crippen molar-refractivity contribution in [2.24, 2.45) is 10.9 Å². The second-order valence-electron chi connectivity index (χ2n) is 6.03. The van der Waals surface area contributed by atoms with Crippen LogP contribution in [0.15, 0.2) is 23.2 Å². The Labute approximate surface area is 160 Å². The Kier molecular flexibility index (Phi) is 7.26. The van der Waals surface area contributed by atoms with Crippen molar-refractivity contribution in [3.63, 3.8) is 0 Å². The van der Waals surface area contributed by atoms with Crippen molar-refractivity contribution in [3.8, 4) is 17.2 Å². The van der Waals surface area contributed by atoms with Gasteiger partial charge in [0.25, 0.3) is 0 Å². The molecule has 0 spiro atoms. The molecule has 0 aliphatic carbocycles. The number of guanidine groups is 1. The minimum atomic E-state index is 0. The third kappa shape index (κ3) is 4.81. The van der Waals surface area contributed by atoms with Gasteiger partial charge in [0.05, 0.1) is 6.54 Å². The first-order chi connectivity index (χ1) is 11.3. The van der Waals surface area contributed by atoms with E-state index >= 15 is 0 Å². The minimum Gasteiger partial charge on any atom is -0.492 e. The van der Waals surface area contributed by atoms with Crippen LogP contribution >= 0.6 is 24.0 Å². The highest BCUT2D eigenvalue weighted by atomic mass is 127. The summed E-state index contributed by atoms with van der Waals surface area (Å²) in [7, 11) is 1.83. The summed E-state index contributed by atoms with van der Waals surface area (Å²) in [4.78, 5) is 6.71. The van der Waals surface area contributed by atoms with Crippen LogP contribution in [0.25, 0.3) is 0 Å². The maximum absolute atomic E-state index is 5.76. The molecule has 1 aromatic carbocycles. The minimum absolute atomic E-state index is 0. The van der Waals surface area contributed by atoms with Crippen LogP contribution in [0, 0.1) is 5.92 Å². The van der Waals surface area contributed by atoms with Gasteiger partial charge in [-0.2, -0.15) is 0 Å². The Morgan fingerprint density at radius 1 is 1.38 bits per heavy atom. The van der Waals surface area contributed by atoms with Gasteiger partial charge >= 0.3 is 0 Å². The van der Waals surface area contributed by atoms with Gasteiger partial charge in [-0.15, -0.1) is 24.0 Å². The van der Waals surface area contributed by atoms with Gasteiger partial charge in [0.15, 0.2) is 17.5 Å². The lowest BCUT2D eigenvalue weighted by molar-refractivity contribution is 0.173. The Morgan fingerprint density at radius 3 is 3.00 bits per heavy atom. The number of halogens is 1. The number of nitrogens with one attached hydrogen (secondary N) is 1. The summed E-state index contributed by atoms with van der Waals surface area (Å²) < 4.78 is 16.4. The molecule has 1 aromatic rings. The standard InChI is InChI=1S/C17H25N3O3.HI/c1-13-4-3-8-20(11-13)17(18-2)19-7-9-21-14-5-6-15-16(10-14)23-12-22-15;/h5-6,10,13H,3-4,7-9,11-12H2,1-2H3,(H,18,19);1H. The first-order valence-electron chi connectivity index (χ1n) is 8.24. The molecule has 0 amide bonds. The maximum Gasteiger partial charge on any atom is 0.231 e. The van der Waals surface area contributed by atoms with Gasteiger partial charge in [-0.05, 0) is 30.9 Å². The number of fused-ring (bicyclic) bond motifs is 1. The van der Waals surface area contributed by atoms with Gasteiger partial charge in [-0.1, -0.05) is 6.92 Å². The van der Waals surface area contributed by atoms with Crippen molar-refractivity contribution >= 4 is 29.9 Å². The maximum atomic E-state index is 5.76. The lowest BCUT2D eigenvalue weighted by atomic mass is 10.0. The number of hydrogen-bond donors (Lipinski definition) is 1. The number of likely N-dealkylation sites (tertiary alicyclic amines) is 1. The monoisotopic (exact) mass is 447 g/mol. The number of nitrogens with zero attached hydrogens (tertiary/aromatic N) is 2. The Morgan fingerprint density at radius 2 is 2.21 bits per heavy atom. The first-order valence-corrected chi connectivity index (χ1v) is 8.24. The largest absolute Gasteiger partial charge is 0.492 e. The molecule has 2 aliphatic heterocycles. The zero-order valence-corrected chi connectivity index (χ0v) is 16.6. The predicted molar refractivity (Wildman–Crippen MR) is 105 cm³/mol. The summed E-state index contributed by atoms with van der Waals surface area (Å²) in [5, 5.41) is 3.38. The van der Waals surface area contributed by atoms with Gasteiger partial charge < -0.3 is 24.4 Å². The fourth-order valence-electron chi connectivity index (χ4n) is 3.01. The molecule has 2 heterocycles. The summed E-state index contributed by atoms with van der Waals surface area (Å²) in [6.07, 6.45) is 2.54. The van der Waals surface area contributed by atoms with E-state index in [0.29, 0.717) is 13.2 Å². The number of benzene rings is 1. The third-order valence-corrected chi connectivity index (χ3v) is 4.17. The summed E-state index contributed by atoms with van der Waals surface area (Å²) >= 11 is 0. The number of ether oxygens (including phenoxy) is 3. The number of aliphatic imine (C=N–C) groups is 1. The van der Waals surface area contributed by atoms with E-state index in [2.05, 4.69) is 22.1 Å². The molecular weight excluding hydrogens is 421 g/mol. The molecule has 1 fully saturated rings. The Hall–Kier alpha value is -1.38. The third-order valence-electron chi connectivity index (χ3n) is 4.17. The number of rotatable bonds is 4. The van der Waals surface area contributed by atoms with E-state index in [-0.39, 0.29) is 30.8 Å². The number of hydrogen-bond acceptors (Lipinski definition) is 4. The van der Waals surface area contributed by atoms with Crippen molar-refractivity contribution in [2.75, 3.05) is 40.1 Å². The van der Waals surface area contributed by atoms with E-state index in [4.69, 9.17) is 14.2 Å². The summed E-state index contributed by atoms with van der Waals surface area (Å²) in [5.74, 6) is 4.00. The molecule has 0 saturated carbocycles. The highest BCUT2D eigenvalue weighted by molar-refractivity contribution is 14.0. The SMILES string of the molecule is CN=C(NCCOc1ccc2c(c1)OCO2)N1CCCC(C)C1.I. The molecule has 1 unspecified atom stereocenters. The molecule has 24 heavy (non-hydrogen) atoms. The van der Waals surface area contributed by atoms with Gasteiger partial charge in [0.1, 0.15) is 12.4 Å². The van der Waals surface area contributed by atoms with Crippen molar-refractivity contribution in [3.05, 3.63) is 18.2 Å². The van der Waals surface area contributed by atoms with E-state index in [9.17, 15) is 0 Å². The molecule has 134 valence electrons. The van der Waals surface area contributed by atoms with E-state index in [0.717, 1.165) is 42.2 Å². The molecule has 0 bridgehead atoms. The fraction of sp³-hybridized carbons (Fsp3) is 0.588. The average molecular weight is 447 g/mol. The smallest absolute Gasteiger partial charge is 0.231 e. The topological polar surface area (TPSA) is 55.3 Å². The zero-order chi connectivity index (χ0) is 16.1. The highest BCUT2D eigenvalue weighted by Crippen LogP contribution is 2.34. The molecule has 3 rings (SSSR count).